The predicted octanol–water partition coefficient (Wildman–Crippen LogP) is 3.48. The van der Waals surface area contributed by atoms with Crippen molar-refractivity contribution in [2.75, 3.05) is 6.54 Å². The van der Waals surface area contributed by atoms with E-state index in [-0.39, 0.29) is 18.5 Å². The first-order valence-electron chi connectivity index (χ1n) is 9.72. The van der Waals surface area contributed by atoms with E-state index in [1.807, 2.05) is 33.8 Å². The number of fused-ring (bicyclic) bond motifs is 1. The van der Waals surface area contributed by atoms with Crippen LogP contribution in [0.3, 0.4) is 0 Å². The van der Waals surface area contributed by atoms with Gasteiger partial charge in [-0.2, -0.15) is 5.10 Å². The van der Waals surface area contributed by atoms with Gasteiger partial charge in [-0.1, -0.05) is 37.3 Å². The third-order valence-corrected chi connectivity index (χ3v) is 5.32. The predicted molar refractivity (Wildman–Crippen MR) is 111 cm³/mol. The monoisotopic (exact) mass is 394 g/mol. The number of nitrogens with zero attached hydrogens (tertiary/aromatic N) is 3. The van der Waals surface area contributed by atoms with Gasteiger partial charge < -0.3 is 10.4 Å². The van der Waals surface area contributed by atoms with Gasteiger partial charge in [-0.05, 0) is 38.8 Å². The van der Waals surface area contributed by atoms with E-state index in [4.69, 9.17) is 0 Å². The highest BCUT2D eigenvalue weighted by Gasteiger charge is 2.39. The molecule has 0 fully saturated rings. The van der Waals surface area contributed by atoms with E-state index < -0.39 is 11.4 Å². The van der Waals surface area contributed by atoms with Crippen LogP contribution >= 0.6 is 0 Å². The molecule has 1 unspecified atom stereocenters. The number of carbonyl (C=O) groups is 2. The van der Waals surface area contributed by atoms with Gasteiger partial charge in [0, 0.05) is 18.3 Å². The fourth-order valence-corrected chi connectivity index (χ4v) is 3.57. The lowest BCUT2D eigenvalue weighted by Gasteiger charge is -2.29. The van der Waals surface area contributed by atoms with Gasteiger partial charge in [0.1, 0.15) is 5.41 Å². The summed E-state index contributed by atoms with van der Waals surface area (Å²) in [7, 11) is 0. The number of nitrogens with one attached hydrogen (secondary N) is 1. The number of pyridine rings is 1. The molecule has 2 aromatic heterocycles. The number of carbonyl (C=O) groups excluding carboxylic acids is 1. The zero-order valence-electron chi connectivity index (χ0n) is 17.1. The molecule has 0 bridgehead atoms. The molecule has 2 N–H and O–H groups in total. The van der Waals surface area contributed by atoms with E-state index in [0.29, 0.717) is 34.3 Å². The molecule has 0 saturated heterocycles. The largest absolute Gasteiger partial charge is 0.481 e. The molecule has 0 saturated carbocycles. The van der Waals surface area contributed by atoms with Crippen LogP contribution in [0.1, 0.15) is 54.8 Å². The third-order valence-electron chi connectivity index (χ3n) is 5.32. The third kappa shape index (κ3) is 3.72. The number of aryl methyl sites for hydroxylation is 1. The lowest BCUT2D eigenvalue weighted by atomic mass is 9.78. The molecule has 3 aromatic rings. The SMILES string of the molecule is CCC(CNC(=O)c1cc(C)nc2c1cnn2C(C)C)(C(=O)O)c1ccccc1. The molecule has 1 aromatic carbocycles. The van der Waals surface area contributed by atoms with Gasteiger partial charge in [-0.25, -0.2) is 9.67 Å². The lowest BCUT2D eigenvalue weighted by Crippen LogP contribution is -2.46. The fraction of sp³-hybridized carbons (Fsp3) is 0.364. The second kappa shape index (κ2) is 8.03. The van der Waals surface area contributed by atoms with Crippen molar-refractivity contribution < 1.29 is 14.7 Å². The summed E-state index contributed by atoms with van der Waals surface area (Å²) in [5.41, 5.74) is 1.27. The van der Waals surface area contributed by atoms with Crippen molar-refractivity contribution in [2.24, 2.45) is 0 Å². The van der Waals surface area contributed by atoms with Crippen LogP contribution in [-0.4, -0.2) is 38.3 Å². The van der Waals surface area contributed by atoms with Gasteiger partial charge in [0.15, 0.2) is 5.65 Å². The van der Waals surface area contributed by atoms with Crippen LogP contribution in [0.25, 0.3) is 11.0 Å². The minimum absolute atomic E-state index is 0.0111. The van der Waals surface area contributed by atoms with E-state index in [0.717, 1.165) is 0 Å². The molecule has 1 atom stereocenters. The Hall–Kier alpha value is -3.22. The fourth-order valence-electron chi connectivity index (χ4n) is 3.57. The van der Waals surface area contributed by atoms with Gasteiger partial charge >= 0.3 is 5.97 Å². The van der Waals surface area contributed by atoms with E-state index >= 15 is 0 Å². The average Bonchev–Trinajstić information content (AvgIpc) is 3.12. The maximum absolute atomic E-state index is 13.0. The molecule has 29 heavy (non-hydrogen) atoms. The van der Waals surface area contributed by atoms with Crippen molar-refractivity contribution >= 4 is 22.9 Å². The van der Waals surface area contributed by atoms with Gasteiger partial charge in [0.25, 0.3) is 5.91 Å². The number of benzene rings is 1. The standard InChI is InChI=1S/C22H26N4O3/c1-5-22(21(28)29,16-9-7-6-8-10-16)13-23-20(27)17-11-15(4)25-19-18(17)12-24-26(19)14(2)3/h6-12,14H,5,13H2,1-4H3,(H,23,27)(H,28,29). The van der Waals surface area contributed by atoms with Crippen molar-refractivity contribution in [3.8, 4) is 0 Å². The summed E-state index contributed by atoms with van der Waals surface area (Å²) in [6.45, 7) is 7.63. The highest BCUT2D eigenvalue weighted by Crippen LogP contribution is 2.28. The minimum atomic E-state index is -1.19. The van der Waals surface area contributed by atoms with Crippen LogP contribution in [0, 0.1) is 6.92 Å². The molecule has 0 spiro atoms. The van der Waals surface area contributed by atoms with Crippen LogP contribution in [0.2, 0.25) is 0 Å². The Bertz CT molecular complexity index is 1040. The molecular formula is C22H26N4O3. The number of amides is 1. The molecule has 1 amide bonds. The van der Waals surface area contributed by atoms with Crippen molar-refractivity contribution in [3.63, 3.8) is 0 Å². The van der Waals surface area contributed by atoms with Gasteiger partial charge in [0.05, 0.1) is 17.1 Å². The summed E-state index contributed by atoms with van der Waals surface area (Å²) in [6, 6.07) is 10.8. The van der Waals surface area contributed by atoms with Gasteiger partial charge in [-0.3, -0.25) is 9.59 Å². The number of hydrogen-bond donors (Lipinski definition) is 2. The molecule has 0 aliphatic carbocycles. The number of hydrogen-bond acceptors (Lipinski definition) is 4. The van der Waals surface area contributed by atoms with Crippen LogP contribution in [0.5, 0.6) is 0 Å². The maximum atomic E-state index is 13.0. The highest BCUT2D eigenvalue weighted by molar-refractivity contribution is 6.05. The molecule has 3 rings (SSSR count). The minimum Gasteiger partial charge on any atom is -0.481 e. The van der Waals surface area contributed by atoms with Crippen molar-refractivity contribution in [1.29, 1.82) is 0 Å². The van der Waals surface area contributed by atoms with Crippen LogP contribution in [0.15, 0.2) is 42.6 Å². The molecule has 0 aliphatic rings. The molecular weight excluding hydrogens is 368 g/mol. The summed E-state index contributed by atoms with van der Waals surface area (Å²) >= 11 is 0. The Balaban J connectivity index is 1.95. The summed E-state index contributed by atoms with van der Waals surface area (Å²) in [4.78, 5) is 29.7. The first-order valence-corrected chi connectivity index (χ1v) is 9.72. The highest BCUT2D eigenvalue weighted by atomic mass is 16.4. The number of carboxylic acid groups (broad SMARTS) is 1. The van der Waals surface area contributed by atoms with Gasteiger partial charge in [-0.15, -0.1) is 0 Å². The summed E-state index contributed by atoms with van der Waals surface area (Å²) in [6.07, 6.45) is 1.99. The molecule has 0 aliphatic heterocycles. The van der Waals surface area contributed by atoms with E-state index in [9.17, 15) is 14.7 Å². The van der Waals surface area contributed by atoms with E-state index in [1.54, 1.807) is 41.2 Å². The van der Waals surface area contributed by atoms with Crippen LogP contribution in [-0.2, 0) is 10.2 Å². The molecule has 7 nitrogen and oxygen atoms in total. The topological polar surface area (TPSA) is 97.1 Å². The normalized spacial score (nSPS) is 13.4. The first kappa shape index (κ1) is 20.5. The van der Waals surface area contributed by atoms with Crippen LogP contribution < -0.4 is 5.32 Å². The number of aliphatic carboxylic acids is 1. The second-order valence-corrected chi connectivity index (χ2v) is 7.52. The van der Waals surface area contributed by atoms with Gasteiger partial charge in [0.2, 0.25) is 0 Å². The smallest absolute Gasteiger partial charge is 0.315 e. The maximum Gasteiger partial charge on any atom is 0.315 e. The Morgan fingerprint density at radius 3 is 2.52 bits per heavy atom. The number of aromatic nitrogens is 3. The molecule has 2 heterocycles. The first-order chi connectivity index (χ1) is 13.8. The number of carboxylic acids is 1. The average molecular weight is 394 g/mol. The van der Waals surface area contributed by atoms with Crippen molar-refractivity contribution in [1.82, 2.24) is 20.1 Å². The lowest BCUT2D eigenvalue weighted by molar-refractivity contribution is -0.143. The van der Waals surface area contributed by atoms with E-state index in [1.165, 1.54) is 0 Å². The molecule has 7 heteroatoms. The quantitative estimate of drug-likeness (QED) is 0.639. The number of rotatable bonds is 7. The Labute approximate surface area is 169 Å². The zero-order chi connectivity index (χ0) is 21.2. The zero-order valence-corrected chi connectivity index (χ0v) is 17.1. The second-order valence-electron chi connectivity index (χ2n) is 7.52. The van der Waals surface area contributed by atoms with Crippen LogP contribution in [0.4, 0.5) is 0 Å². The summed E-state index contributed by atoms with van der Waals surface area (Å²) < 4.78 is 1.77. The molecule has 152 valence electrons. The summed E-state index contributed by atoms with van der Waals surface area (Å²) in [5, 5.41) is 17.8. The Morgan fingerprint density at radius 2 is 1.93 bits per heavy atom. The van der Waals surface area contributed by atoms with Crippen molar-refractivity contribution in [3.05, 3.63) is 59.4 Å². The van der Waals surface area contributed by atoms with Crippen molar-refractivity contribution in [2.45, 2.75) is 45.6 Å². The summed E-state index contributed by atoms with van der Waals surface area (Å²) in [5.74, 6) is -1.30. The Morgan fingerprint density at radius 1 is 1.24 bits per heavy atom. The molecule has 0 radical (unpaired) electrons. The Kier molecular flexibility index (Phi) is 5.68. The van der Waals surface area contributed by atoms with E-state index in [2.05, 4.69) is 15.4 Å².